The summed E-state index contributed by atoms with van der Waals surface area (Å²) in [5.74, 6) is 0.0123. The number of amides is 1. The fourth-order valence-corrected chi connectivity index (χ4v) is 3.67. The quantitative estimate of drug-likeness (QED) is 0.678. The van der Waals surface area contributed by atoms with E-state index >= 15 is 0 Å². The molecule has 1 amide bonds. The third-order valence-corrected chi connectivity index (χ3v) is 5.20. The molecule has 0 atom stereocenters. The molecule has 0 unspecified atom stereocenters. The first-order valence-corrected chi connectivity index (χ1v) is 9.18. The number of hydrogen-bond donors (Lipinski definition) is 0. The third kappa shape index (κ3) is 2.91. The molecule has 1 aliphatic heterocycles. The minimum atomic E-state index is -0.184. The molecule has 128 valence electrons. The molecule has 0 bridgehead atoms. The van der Waals surface area contributed by atoms with E-state index in [9.17, 15) is 9.59 Å². The van der Waals surface area contributed by atoms with Crippen molar-refractivity contribution in [2.45, 2.75) is 19.4 Å². The monoisotopic (exact) mass is 399 g/mol. The van der Waals surface area contributed by atoms with Gasteiger partial charge in [-0.3, -0.25) is 13.9 Å². The number of rotatable bonds is 3. The molecule has 0 aliphatic carbocycles. The van der Waals surface area contributed by atoms with Crippen LogP contribution in [0.25, 0.3) is 16.7 Å². The van der Waals surface area contributed by atoms with E-state index < -0.39 is 0 Å². The van der Waals surface area contributed by atoms with Crippen LogP contribution >= 0.6 is 15.9 Å². The van der Waals surface area contributed by atoms with Gasteiger partial charge in [-0.25, -0.2) is 4.79 Å². The number of carbonyl (C=O) groups is 1. The van der Waals surface area contributed by atoms with Gasteiger partial charge >= 0.3 is 5.69 Å². The van der Waals surface area contributed by atoms with Crippen molar-refractivity contribution < 1.29 is 4.79 Å². The Labute approximate surface area is 153 Å². The van der Waals surface area contributed by atoms with E-state index in [1.54, 1.807) is 9.13 Å². The molecule has 1 fully saturated rings. The molecule has 5 nitrogen and oxygen atoms in total. The van der Waals surface area contributed by atoms with Gasteiger partial charge in [-0.05, 0) is 49.2 Å². The van der Waals surface area contributed by atoms with Crippen LogP contribution in [0.15, 0.2) is 57.8 Å². The zero-order valence-electron chi connectivity index (χ0n) is 13.7. The van der Waals surface area contributed by atoms with Crippen LogP contribution in [0.3, 0.4) is 0 Å². The fourth-order valence-electron chi connectivity index (χ4n) is 3.40. The summed E-state index contributed by atoms with van der Waals surface area (Å²) >= 11 is 3.42. The number of aromatic nitrogens is 2. The molecule has 4 rings (SSSR count). The summed E-state index contributed by atoms with van der Waals surface area (Å²) in [6.07, 6.45) is 2.09. The normalized spacial score (nSPS) is 14.4. The van der Waals surface area contributed by atoms with Gasteiger partial charge in [0.1, 0.15) is 6.54 Å². The maximum absolute atomic E-state index is 13.1. The number of para-hydroxylation sites is 2. The molecule has 1 aromatic heterocycles. The Kier molecular flexibility index (Phi) is 4.21. The van der Waals surface area contributed by atoms with Gasteiger partial charge in [-0.15, -0.1) is 0 Å². The second-order valence-corrected chi connectivity index (χ2v) is 7.17. The summed E-state index contributed by atoms with van der Waals surface area (Å²) < 4.78 is 4.20. The molecule has 0 radical (unpaired) electrons. The number of imidazole rings is 1. The Morgan fingerprint density at radius 2 is 1.60 bits per heavy atom. The van der Waals surface area contributed by atoms with Gasteiger partial charge in [-0.1, -0.05) is 28.1 Å². The van der Waals surface area contributed by atoms with E-state index in [1.165, 1.54) is 0 Å². The molecule has 2 heterocycles. The maximum atomic E-state index is 13.1. The second kappa shape index (κ2) is 6.52. The Morgan fingerprint density at radius 1 is 0.960 bits per heavy atom. The lowest BCUT2D eigenvalue weighted by Crippen LogP contribution is -2.34. The van der Waals surface area contributed by atoms with E-state index in [-0.39, 0.29) is 18.1 Å². The van der Waals surface area contributed by atoms with E-state index in [2.05, 4.69) is 15.9 Å². The SMILES string of the molecule is O=C(Cn1c(=O)n(-c2ccc(Br)cc2)c2ccccc21)N1CCCC1. The molecule has 2 aromatic carbocycles. The van der Waals surface area contributed by atoms with Gasteiger partial charge < -0.3 is 4.90 Å². The Hall–Kier alpha value is -2.34. The summed E-state index contributed by atoms with van der Waals surface area (Å²) in [7, 11) is 0. The zero-order valence-corrected chi connectivity index (χ0v) is 15.3. The minimum absolute atomic E-state index is 0.0123. The topological polar surface area (TPSA) is 47.2 Å². The van der Waals surface area contributed by atoms with Gasteiger partial charge in [0.15, 0.2) is 0 Å². The van der Waals surface area contributed by atoms with Gasteiger partial charge in [0.2, 0.25) is 5.91 Å². The second-order valence-electron chi connectivity index (χ2n) is 6.26. The van der Waals surface area contributed by atoms with Gasteiger partial charge in [0, 0.05) is 17.6 Å². The van der Waals surface area contributed by atoms with Crippen molar-refractivity contribution in [1.82, 2.24) is 14.0 Å². The minimum Gasteiger partial charge on any atom is -0.341 e. The molecule has 1 saturated heterocycles. The first kappa shape index (κ1) is 16.1. The van der Waals surface area contributed by atoms with Crippen molar-refractivity contribution in [3.63, 3.8) is 0 Å². The number of fused-ring (bicyclic) bond motifs is 1. The largest absolute Gasteiger partial charge is 0.341 e. The van der Waals surface area contributed by atoms with E-state index in [1.807, 2.05) is 53.4 Å². The zero-order chi connectivity index (χ0) is 17.4. The van der Waals surface area contributed by atoms with Crippen molar-refractivity contribution in [2.75, 3.05) is 13.1 Å². The highest BCUT2D eigenvalue weighted by Gasteiger charge is 2.21. The smallest absolute Gasteiger partial charge is 0.334 e. The maximum Gasteiger partial charge on any atom is 0.334 e. The van der Waals surface area contributed by atoms with Crippen molar-refractivity contribution in [3.05, 3.63) is 63.5 Å². The number of likely N-dealkylation sites (tertiary alicyclic amines) is 1. The number of benzene rings is 2. The van der Waals surface area contributed by atoms with Crippen molar-refractivity contribution in [1.29, 1.82) is 0 Å². The van der Waals surface area contributed by atoms with Gasteiger partial charge in [0.05, 0.1) is 16.7 Å². The van der Waals surface area contributed by atoms with Crippen LogP contribution in [-0.2, 0) is 11.3 Å². The highest BCUT2D eigenvalue weighted by molar-refractivity contribution is 9.10. The van der Waals surface area contributed by atoms with Gasteiger partial charge in [0.25, 0.3) is 0 Å². The number of hydrogen-bond acceptors (Lipinski definition) is 2. The lowest BCUT2D eigenvalue weighted by molar-refractivity contribution is -0.130. The first-order valence-electron chi connectivity index (χ1n) is 8.39. The van der Waals surface area contributed by atoms with Crippen LogP contribution in [0.1, 0.15) is 12.8 Å². The highest BCUT2D eigenvalue weighted by atomic mass is 79.9. The summed E-state index contributed by atoms with van der Waals surface area (Å²) in [5, 5.41) is 0. The van der Waals surface area contributed by atoms with Crippen LogP contribution in [0, 0.1) is 0 Å². The highest BCUT2D eigenvalue weighted by Crippen LogP contribution is 2.20. The Morgan fingerprint density at radius 3 is 2.28 bits per heavy atom. The van der Waals surface area contributed by atoms with Crippen LogP contribution < -0.4 is 5.69 Å². The molecule has 25 heavy (non-hydrogen) atoms. The molecular formula is C19H18BrN3O2. The molecule has 1 aliphatic rings. The predicted molar refractivity (Wildman–Crippen MR) is 101 cm³/mol. The molecule has 0 spiro atoms. The molecular weight excluding hydrogens is 382 g/mol. The number of halogens is 1. The summed E-state index contributed by atoms with van der Waals surface area (Å²) in [4.78, 5) is 27.5. The average Bonchev–Trinajstić information content (AvgIpc) is 3.24. The molecule has 0 N–H and O–H groups in total. The lowest BCUT2D eigenvalue weighted by atomic mass is 10.3. The third-order valence-electron chi connectivity index (χ3n) is 4.67. The van der Waals surface area contributed by atoms with Crippen molar-refractivity contribution in [3.8, 4) is 5.69 Å². The predicted octanol–water partition coefficient (Wildman–Crippen LogP) is 3.18. The van der Waals surface area contributed by atoms with Crippen LogP contribution in [-0.4, -0.2) is 33.0 Å². The molecule has 3 aromatic rings. The van der Waals surface area contributed by atoms with Crippen molar-refractivity contribution in [2.24, 2.45) is 0 Å². The Bertz CT molecular complexity index is 982. The summed E-state index contributed by atoms with van der Waals surface area (Å²) in [5.41, 5.74) is 2.19. The van der Waals surface area contributed by atoms with Gasteiger partial charge in [-0.2, -0.15) is 0 Å². The van der Waals surface area contributed by atoms with Crippen LogP contribution in [0.5, 0.6) is 0 Å². The lowest BCUT2D eigenvalue weighted by Gasteiger charge is -2.15. The van der Waals surface area contributed by atoms with Crippen molar-refractivity contribution >= 4 is 32.9 Å². The summed E-state index contributed by atoms with van der Waals surface area (Å²) in [6, 6.07) is 15.2. The van der Waals surface area contributed by atoms with Crippen LogP contribution in [0.2, 0.25) is 0 Å². The standard InChI is InChI=1S/C19H18BrN3O2/c20-14-7-9-15(10-8-14)23-17-6-2-1-5-16(17)22(19(23)25)13-18(24)21-11-3-4-12-21/h1-2,5-10H,3-4,11-13H2. The Balaban J connectivity index is 1.82. The fraction of sp³-hybridized carbons (Fsp3) is 0.263. The average molecular weight is 400 g/mol. The number of carbonyl (C=O) groups excluding carboxylic acids is 1. The molecule has 0 saturated carbocycles. The van der Waals surface area contributed by atoms with E-state index in [0.717, 1.165) is 47.1 Å². The van der Waals surface area contributed by atoms with E-state index in [4.69, 9.17) is 0 Å². The van der Waals surface area contributed by atoms with E-state index in [0.29, 0.717) is 0 Å². The van der Waals surface area contributed by atoms with Crippen LogP contribution in [0.4, 0.5) is 0 Å². The first-order chi connectivity index (χ1) is 12.1. The summed E-state index contributed by atoms with van der Waals surface area (Å²) in [6.45, 7) is 1.67. The number of nitrogens with zero attached hydrogens (tertiary/aromatic N) is 3. The molecule has 6 heteroatoms.